The highest BCUT2D eigenvalue weighted by molar-refractivity contribution is 7.99. The molecule has 4 amide bonds. The molecule has 3 heterocycles. The van der Waals surface area contributed by atoms with Crippen LogP contribution in [0.1, 0.15) is 64.6 Å². The molecule has 2 aromatic heterocycles. The van der Waals surface area contributed by atoms with E-state index in [0.29, 0.717) is 13.1 Å². The maximum atomic E-state index is 13.7. The lowest BCUT2D eigenvalue weighted by Crippen LogP contribution is -2.51. The summed E-state index contributed by atoms with van der Waals surface area (Å²) in [5.41, 5.74) is 5.97. The van der Waals surface area contributed by atoms with Crippen LogP contribution in [0.15, 0.2) is 60.9 Å². The second kappa shape index (κ2) is 19.5. The molecule has 56 heavy (non-hydrogen) atoms. The number of nitrogens with one attached hydrogen (secondary N) is 5. The third-order valence-corrected chi connectivity index (χ3v) is 11.1. The van der Waals surface area contributed by atoms with Crippen LogP contribution >= 0.6 is 11.8 Å². The predicted molar refractivity (Wildman–Crippen MR) is 218 cm³/mol. The number of carbonyl (C=O) groups is 4. The number of rotatable bonds is 16. The molecule has 1 aliphatic rings. The number of amides is 4. The van der Waals surface area contributed by atoms with E-state index in [4.69, 9.17) is 9.72 Å². The number of methoxy groups -OCH3 is 2. The Morgan fingerprint density at radius 1 is 0.786 bits per heavy atom. The van der Waals surface area contributed by atoms with E-state index < -0.39 is 24.3 Å². The van der Waals surface area contributed by atoms with Crippen molar-refractivity contribution in [3.05, 3.63) is 72.6 Å². The van der Waals surface area contributed by atoms with Gasteiger partial charge < -0.3 is 40.3 Å². The van der Waals surface area contributed by atoms with E-state index in [1.54, 1.807) is 11.8 Å². The first-order chi connectivity index (χ1) is 26.9. The fourth-order valence-electron chi connectivity index (χ4n) is 6.78. The SMILES string of the molecule is COC(=O)NC(C(=O)NCCCCc1ncc(-c2ccc(-c3ccc(-c4cnc(C5CC(SC)CN5C(=O)C(NC(=O)OC)C(C)C)[nH]4)cc3)cc2)[nH]1)C(C)C. The van der Waals surface area contributed by atoms with Gasteiger partial charge in [0.25, 0.3) is 0 Å². The number of H-pyrrole nitrogens is 2. The first kappa shape index (κ1) is 41.8. The number of likely N-dealkylation sites (tertiary alicyclic amines) is 1. The number of aromatic nitrogens is 4. The van der Waals surface area contributed by atoms with E-state index in [1.165, 1.54) is 14.2 Å². The van der Waals surface area contributed by atoms with Gasteiger partial charge in [-0.3, -0.25) is 9.59 Å². The number of carbonyl (C=O) groups excluding carboxylic acids is 4. The van der Waals surface area contributed by atoms with Gasteiger partial charge in [-0.1, -0.05) is 76.2 Å². The molecule has 0 bridgehead atoms. The monoisotopic (exact) mass is 786 g/mol. The molecule has 0 spiro atoms. The van der Waals surface area contributed by atoms with Gasteiger partial charge in [0.15, 0.2) is 0 Å². The van der Waals surface area contributed by atoms with E-state index in [2.05, 4.69) is 84.2 Å². The minimum atomic E-state index is -0.702. The van der Waals surface area contributed by atoms with Crippen molar-refractivity contribution in [3.63, 3.8) is 0 Å². The second-order valence-corrected chi connectivity index (χ2v) is 15.8. The Morgan fingerprint density at radius 2 is 1.32 bits per heavy atom. The fraction of sp³-hybridized carbons (Fsp3) is 0.463. The number of aryl methyl sites for hydroxylation is 1. The van der Waals surface area contributed by atoms with E-state index >= 15 is 0 Å². The molecule has 15 heteroatoms. The van der Waals surface area contributed by atoms with Gasteiger partial charge in [0.2, 0.25) is 11.8 Å². The highest BCUT2D eigenvalue weighted by atomic mass is 32.2. The molecule has 0 saturated carbocycles. The molecule has 300 valence electrons. The van der Waals surface area contributed by atoms with Crippen LogP contribution < -0.4 is 16.0 Å². The van der Waals surface area contributed by atoms with Gasteiger partial charge in [0, 0.05) is 24.8 Å². The third kappa shape index (κ3) is 10.5. The van der Waals surface area contributed by atoms with Crippen LogP contribution in [0.2, 0.25) is 0 Å². The van der Waals surface area contributed by atoms with E-state index in [1.807, 2.05) is 51.2 Å². The molecule has 1 saturated heterocycles. The Kier molecular flexibility index (Phi) is 14.6. The van der Waals surface area contributed by atoms with E-state index in [0.717, 1.165) is 71.0 Å². The predicted octanol–water partition coefficient (Wildman–Crippen LogP) is 6.34. The highest BCUT2D eigenvalue weighted by Crippen LogP contribution is 2.37. The topological polar surface area (TPSA) is 183 Å². The summed E-state index contributed by atoms with van der Waals surface area (Å²) >= 11 is 1.73. The molecular weight excluding hydrogens is 733 g/mol. The number of ether oxygens (including phenoxy) is 2. The molecule has 4 unspecified atom stereocenters. The molecule has 1 aliphatic heterocycles. The molecule has 14 nitrogen and oxygen atoms in total. The summed E-state index contributed by atoms with van der Waals surface area (Å²) in [5, 5.41) is 8.46. The van der Waals surface area contributed by atoms with Crippen molar-refractivity contribution in [2.24, 2.45) is 11.8 Å². The summed E-state index contributed by atoms with van der Waals surface area (Å²) in [5.74, 6) is 1.05. The first-order valence-electron chi connectivity index (χ1n) is 19.0. The Balaban J connectivity index is 1.15. The minimum Gasteiger partial charge on any atom is -0.453 e. The molecule has 0 radical (unpaired) electrons. The smallest absolute Gasteiger partial charge is 0.407 e. The van der Waals surface area contributed by atoms with Crippen LogP contribution in [0.5, 0.6) is 0 Å². The van der Waals surface area contributed by atoms with Gasteiger partial charge >= 0.3 is 12.2 Å². The Bertz CT molecular complexity index is 1930. The van der Waals surface area contributed by atoms with Crippen molar-refractivity contribution < 1.29 is 28.7 Å². The standard InChI is InChI=1S/C41H54N8O6S/c1-24(2)35(47-40(52)54-5)38(50)42-19-9-8-10-34-43-21-31(45-34)28-15-11-26(12-16-28)27-13-17-29(18-14-27)32-22-44-37(46-32)33-20-30(56-7)23-49(33)39(51)36(25(3)4)48-41(53)55-6/h11-18,21-22,24-25,30,33,35-36H,8-10,19-20,23H2,1-7H3,(H,42,50)(H,43,45)(H,44,46)(H,47,52)(H,48,53). The maximum absolute atomic E-state index is 13.7. The van der Waals surface area contributed by atoms with Crippen molar-refractivity contribution in [1.29, 1.82) is 0 Å². The van der Waals surface area contributed by atoms with E-state index in [-0.39, 0.29) is 34.9 Å². The lowest BCUT2D eigenvalue weighted by molar-refractivity contribution is -0.135. The fourth-order valence-corrected chi connectivity index (χ4v) is 7.47. The van der Waals surface area contributed by atoms with Crippen LogP contribution in [0.3, 0.4) is 0 Å². The number of hydrogen-bond donors (Lipinski definition) is 5. The number of nitrogens with zero attached hydrogens (tertiary/aromatic N) is 3. The van der Waals surface area contributed by atoms with Crippen molar-refractivity contribution >= 4 is 35.8 Å². The lowest BCUT2D eigenvalue weighted by atomic mass is 10.0. The molecular formula is C41H54N8O6S. The summed E-state index contributed by atoms with van der Waals surface area (Å²) in [6, 6.07) is 15.0. The van der Waals surface area contributed by atoms with Crippen LogP contribution in [0.25, 0.3) is 33.6 Å². The largest absolute Gasteiger partial charge is 0.453 e. The van der Waals surface area contributed by atoms with Crippen molar-refractivity contribution in [2.75, 3.05) is 33.6 Å². The van der Waals surface area contributed by atoms with Gasteiger partial charge in [-0.15, -0.1) is 0 Å². The number of thioether (sulfide) groups is 1. The quantitative estimate of drug-likeness (QED) is 0.0810. The van der Waals surface area contributed by atoms with Gasteiger partial charge in [-0.05, 0) is 59.6 Å². The lowest BCUT2D eigenvalue weighted by Gasteiger charge is -2.30. The normalized spacial score (nSPS) is 16.4. The van der Waals surface area contributed by atoms with Crippen LogP contribution in [0.4, 0.5) is 9.59 Å². The number of aromatic amines is 2. The van der Waals surface area contributed by atoms with Crippen molar-refractivity contribution in [3.8, 4) is 33.6 Å². The Hall–Kier alpha value is -5.31. The zero-order valence-corrected chi connectivity index (χ0v) is 34.0. The van der Waals surface area contributed by atoms with Crippen molar-refractivity contribution in [2.45, 2.75) is 76.8 Å². The second-order valence-electron chi connectivity index (χ2n) is 14.6. The Labute approximate surface area is 332 Å². The van der Waals surface area contributed by atoms with Gasteiger partial charge in [0.05, 0.1) is 44.0 Å². The van der Waals surface area contributed by atoms with Gasteiger partial charge in [-0.25, -0.2) is 19.6 Å². The average Bonchev–Trinajstić information content (AvgIpc) is 3.99. The summed E-state index contributed by atoms with van der Waals surface area (Å²) in [7, 11) is 2.57. The van der Waals surface area contributed by atoms with E-state index in [9.17, 15) is 19.2 Å². The molecule has 0 aliphatic carbocycles. The van der Waals surface area contributed by atoms with Crippen LogP contribution in [-0.4, -0.2) is 99.7 Å². The third-order valence-electron chi connectivity index (χ3n) is 10.1. The molecule has 4 atom stereocenters. The average molecular weight is 787 g/mol. The summed E-state index contributed by atoms with van der Waals surface area (Å²) in [4.78, 5) is 67.9. The summed E-state index contributed by atoms with van der Waals surface area (Å²) in [6.45, 7) is 8.63. The number of benzene rings is 2. The number of alkyl carbamates (subject to hydrolysis) is 2. The molecule has 1 fully saturated rings. The number of imidazole rings is 2. The summed E-state index contributed by atoms with van der Waals surface area (Å²) in [6.07, 6.45) is 7.57. The van der Waals surface area contributed by atoms with Crippen LogP contribution in [0, 0.1) is 11.8 Å². The first-order valence-corrected chi connectivity index (χ1v) is 20.3. The maximum Gasteiger partial charge on any atom is 0.407 e. The molecule has 4 aromatic rings. The highest BCUT2D eigenvalue weighted by Gasteiger charge is 2.41. The Morgan fingerprint density at radius 3 is 1.88 bits per heavy atom. The number of unbranched alkanes of at least 4 members (excludes halogenated alkanes) is 1. The van der Waals surface area contributed by atoms with Gasteiger partial charge in [0.1, 0.15) is 23.7 Å². The summed E-state index contributed by atoms with van der Waals surface area (Å²) < 4.78 is 9.42. The minimum absolute atomic E-state index is 0.0691. The molecule has 2 aromatic carbocycles. The molecule has 5 N–H and O–H groups in total. The zero-order chi connectivity index (χ0) is 40.4. The number of hydrogen-bond acceptors (Lipinski definition) is 9. The van der Waals surface area contributed by atoms with Crippen LogP contribution in [-0.2, 0) is 25.5 Å². The van der Waals surface area contributed by atoms with Crippen molar-refractivity contribution in [1.82, 2.24) is 40.8 Å². The molecule has 5 rings (SSSR count). The zero-order valence-electron chi connectivity index (χ0n) is 33.2. The van der Waals surface area contributed by atoms with Gasteiger partial charge in [-0.2, -0.15) is 11.8 Å².